The van der Waals surface area contributed by atoms with Gasteiger partial charge in [-0.3, -0.25) is 9.97 Å². The van der Waals surface area contributed by atoms with Gasteiger partial charge in [-0.25, -0.2) is 4.52 Å². The van der Waals surface area contributed by atoms with Crippen molar-refractivity contribution in [1.82, 2.24) is 19.6 Å². The summed E-state index contributed by atoms with van der Waals surface area (Å²) in [6, 6.07) is 15.6. The quantitative estimate of drug-likeness (QED) is 0.572. The number of nitriles is 2. The molecule has 0 saturated carbocycles. The number of hydrogen-bond donors (Lipinski definition) is 0. The van der Waals surface area contributed by atoms with Gasteiger partial charge in [0, 0.05) is 41.5 Å². The molecule has 4 rings (SSSR count). The zero-order valence-corrected chi connectivity index (χ0v) is 13.7. The Morgan fingerprint density at radius 2 is 1.69 bits per heavy atom. The molecule has 0 aliphatic carbocycles. The van der Waals surface area contributed by atoms with E-state index in [0.29, 0.717) is 16.8 Å². The molecule has 0 N–H and O–H groups in total. The second-order valence-corrected chi connectivity index (χ2v) is 5.68. The Morgan fingerprint density at radius 3 is 2.31 bits per heavy atom. The molecule has 26 heavy (non-hydrogen) atoms. The van der Waals surface area contributed by atoms with Gasteiger partial charge in [-0.05, 0) is 30.3 Å². The van der Waals surface area contributed by atoms with E-state index in [1.807, 2.05) is 36.4 Å². The van der Waals surface area contributed by atoms with Crippen LogP contribution in [0.4, 0.5) is 0 Å². The molecule has 0 atom stereocenters. The fraction of sp³-hybridized carbons (Fsp3) is 0.0500. The minimum Gasteiger partial charge on any atom is -0.264 e. The van der Waals surface area contributed by atoms with Crippen LogP contribution in [-0.4, -0.2) is 19.6 Å². The highest BCUT2D eigenvalue weighted by atomic mass is 15.2. The number of pyridine rings is 3. The number of aromatic nitrogens is 4. The molecule has 4 aromatic heterocycles. The van der Waals surface area contributed by atoms with Crippen LogP contribution in [-0.2, 0) is 6.42 Å². The topological polar surface area (TPSA) is 90.7 Å². The molecule has 6 nitrogen and oxygen atoms in total. The lowest BCUT2D eigenvalue weighted by Gasteiger charge is -2.09. The van der Waals surface area contributed by atoms with E-state index >= 15 is 0 Å². The molecule has 122 valence electrons. The smallest absolute Gasteiger partial charge is 0.102 e. The fourth-order valence-corrected chi connectivity index (χ4v) is 2.95. The van der Waals surface area contributed by atoms with Gasteiger partial charge in [-0.2, -0.15) is 15.6 Å². The summed E-state index contributed by atoms with van der Waals surface area (Å²) in [5.41, 5.74) is 5.02. The molecular formula is C20H12N6. The van der Waals surface area contributed by atoms with Gasteiger partial charge in [-0.15, -0.1) is 0 Å². The van der Waals surface area contributed by atoms with Gasteiger partial charge in [0.1, 0.15) is 6.07 Å². The van der Waals surface area contributed by atoms with Crippen molar-refractivity contribution in [2.45, 2.75) is 6.42 Å². The molecule has 4 heterocycles. The highest BCUT2D eigenvalue weighted by Gasteiger charge is 2.17. The number of rotatable bonds is 3. The van der Waals surface area contributed by atoms with Gasteiger partial charge in [-0.1, -0.05) is 6.07 Å². The van der Waals surface area contributed by atoms with Crippen LogP contribution in [0.15, 0.2) is 61.2 Å². The van der Waals surface area contributed by atoms with E-state index in [9.17, 15) is 10.5 Å². The summed E-state index contributed by atoms with van der Waals surface area (Å²) in [7, 11) is 0. The van der Waals surface area contributed by atoms with Gasteiger partial charge in [0.15, 0.2) is 0 Å². The zero-order chi connectivity index (χ0) is 17.9. The summed E-state index contributed by atoms with van der Waals surface area (Å²) in [4.78, 5) is 8.26. The maximum Gasteiger partial charge on any atom is 0.102 e. The third-order valence-electron chi connectivity index (χ3n) is 4.12. The van der Waals surface area contributed by atoms with Crippen LogP contribution in [0, 0.1) is 22.7 Å². The Labute approximate surface area is 149 Å². The summed E-state index contributed by atoms with van der Waals surface area (Å²) in [6.07, 6.45) is 7.00. The predicted octanol–water partition coefficient (Wildman–Crippen LogP) is 3.40. The maximum absolute atomic E-state index is 9.79. The number of fused-ring (bicyclic) bond motifs is 1. The molecule has 0 spiro atoms. The van der Waals surface area contributed by atoms with Crippen LogP contribution in [0.3, 0.4) is 0 Å². The van der Waals surface area contributed by atoms with Crippen molar-refractivity contribution in [3.63, 3.8) is 0 Å². The van der Waals surface area contributed by atoms with Crippen molar-refractivity contribution in [2.75, 3.05) is 0 Å². The first-order chi connectivity index (χ1) is 12.8. The second-order valence-electron chi connectivity index (χ2n) is 5.68. The van der Waals surface area contributed by atoms with Crippen molar-refractivity contribution in [1.29, 1.82) is 10.5 Å². The third-order valence-corrected chi connectivity index (χ3v) is 4.12. The van der Waals surface area contributed by atoms with Crippen LogP contribution in [0.2, 0.25) is 0 Å². The number of nitrogens with zero attached hydrogens (tertiary/aromatic N) is 6. The molecule has 0 unspecified atom stereocenters. The van der Waals surface area contributed by atoms with Gasteiger partial charge in [0.05, 0.1) is 35.0 Å². The highest BCUT2D eigenvalue weighted by molar-refractivity contribution is 5.81. The van der Waals surface area contributed by atoms with Crippen LogP contribution in [0.1, 0.15) is 11.3 Å². The monoisotopic (exact) mass is 336 g/mol. The van der Waals surface area contributed by atoms with Crippen molar-refractivity contribution in [3.8, 4) is 34.5 Å². The molecule has 6 heteroatoms. The van der Waals surface area contributed by atoms with E-state index in [2.05, 4.69) is 27.2 Å². The largest absolute Gasteiger partial charge is 0.264 e. The standard InChI is InChI=1S/C20H12N6/c21-6-5-16-9-17(14-3-1-7-23-12-14)18(11-22)20-10-19(25-26(16)20)15-4-2-8-24-13-15/h1-4,7-10,12-13H,5H2. The van der Waals surface area contributed by atoms with E-state index in [1.165, 1.54) is 0 Å². The van der Waals surface area contributed by atoms with Crippen LogP contribution >= 0.6 is 0 Å². The van der Waals surface area contributed by atoms with Gasteiger partial charge >= 0.3 is 0 Å². The van der Waals surface area contributed by atoms with E-state index in [1.54, 1.807) is 29.3 Å². The molecule has 0 aliphatic rings. The molecule has 0 amide bonds. The first-order valence-electron chi connectivity index (χ1n) is 7.95. The molecule has 0 bridgehead atoms. The van der Waals surface area contributed by atoms with Crippen molar-refractivity contribution >= 4 is 5.52 Å². The van der Waals surface area contributed by atoms with E-state index in [4.69, 9.17) is 0 Å². The zero-order valence-electron chi connectivity index (χ0n) is 13.7. The molecule has 0 fully saturated rings. The van der Waals surface area contributed by atoms with E-state index in [-0.39, 0.29) is 6.42 Å². The lowest BCUT2D eigenvalue weighted by atomic mass is 10.00. The minimum atomic E-state index is 0.184. The number of hydrogen-bond acceptors (Lipinski definition) is 5. The van der Waals surface area contributed by atoms with Crippen LogP contribution in [0.25, 0.3) is 27.9 Å². The molecule has 0 aliphatic heterocycles. The normalized spacial score (nSPS) is 10.4. The van der Waals surface area contributed by atoms with Gasteiger partial charge < -0.3 is 0 Å². The summed E-state index contributed by atoms with van der Waals surface area (Å²) in [5, 5.41) is 23.6. The minimum absolute atomic E-state index is 0.184. The summed E-state index contributed by atoms with van der Waals surface area (Å²) >= 11 is 0. The highest BCUT2D eigenvalue weighted by Crippen LogP contribution is 2.30. The Bertz CT molecular complexity index is 1160. The van der Waals surface area contributed by atoms with Crippen molar-refractivity contribution in [3.05, 3.63) is 72.4 Å². The van der Waals surface area contributed by atoms with Gasteiger partial charge in [0.2, 0.25) is 0 Å². The molecule has 0 aromatic carbocycles. The van der Waals surface area contributed by atoms with Crippen LogP contribution in [0.5, 0.6) is 0 Å². The second kappa shape index (κ2) is 6.46. The summed E-state index contributed by atoms with van der Waals surface area (Å²) in [5.74, 6) is 0. The first-order valence-corrected chi connectivity index (χ1v) is 7.95. The first kappa shape index (κ1) is 15.5. The van der Waals surface area contributed by atoms with Gasteiger partial charge in [0.25, 0.3) is 0 Å². The van der Waals surface area contributed by atoms with Crippen molar-refractivity contribution in [2.24, 2.45) is 0 Å². The lowest BCUT2D eigenvalue weighted by Crippen LogP contribution is -2.02. The SMILES string of the molecule is N#CCc1cc(-c2cccnc2)c(C#N)c2cc(-c3cccnc3)nn12. The van der Waals surface area contributed by atoms with Crippen molar-refractivity contribution < 1.29 is 0 Å². The Kier molecular flexibility index (Phi) is 3.85. The fourth-order valence-electron chi connectivity index (χ4n) is 2.95. The van der Waals surface area contributed by atoms with Crippen LogP contribution < -0.4 is 0 Å². The Balaban J connectivity index is 2.04. The molecule has 0 saturated heterocycles. The van der Waals surface area contributed by atoms with E-state index < -0.39 is 0 Å². The molecule has 0 radical (unpaired) electrons. The molecular weight excluding hydrogens is 324 g/mol. The maximum atomic E-state index is 9.79. The Morgan fingerprint density at radius 1 is 0.962 bits per heavy atom. The average Bonchev–Trinajstić information content (AvgIpc) is 3.15. The lowest BCUT2D eigenvalue weighted by molar-refractivity contribution is 0.893. The molecule has 4 aromatic rings. The summed E-state index contributed by atoms with van der Waals surface area (Å²) in [6.45, 7) is 0. The summed E-state index contributed by atoms with van der Waals surface area (Å²) < 4.78 is 1.67. The Hall–Kier alpha value is -4.03. The predicted molar refractivity (Wildman–Crippen MR) is 95.7 cm³/mol. The third kappa shape index (κ3) is 2.56. The average molecular weight is 336 g/mol. The van der Waals surface area contributed by atoms with E-state index in [0.717, 1.165) is 22.4 Å².